The largest absolute Gasteiger partial charge is 0.455 e. The summed E-state index contributed by atoms with van der Waals surface area (Å²) in [6, 6.07) is 140. The summed E-state index contributed by atoms with van der Waals surface area (Å²) >= 11 is 0. The molecule has 0 radical (unpaired) electrons. The zero-order valence-electron chi connectivity index (χ0n) is 62.6. The van der Waals surface area contributed by atoms with Gasteiger partial charge in [0.25, 0.3) is 0 Å². The van der Waals surface area contributed by atoms with Crippen molar-refractivity contribution in [3.63, 3.8) is 0 Å². The van der Waals surface area contributed by atoms with E-state index in [0.717, 1.165) is 177 Å². The molecule has 8 nitrogen and oxygen atoms in total. The van der Waals surface area contributed by atoms with E-state index in [1.807, 2.05) is 60.7 Å². The molecule has 0 saturated heterocycles. The maximum atomic E-state index is 6.95. The molecule has 0 aliphatic carbocycles. The standard InChI is InChI=1S/C57H35N3O.C51H31N3O/c1-3-14-36(15-4-1)38-26-30-40(31-27-38)50-35-51(60-57(59-50)41-32-28-39(29-33-41)37-16-5-2-6-17-37)46-23-13-24-49-53(46)56-54(47-22-11-12-25-52(47)61-56)55(58-49)48-34-42-18-7-8-19-43(42)44-20-9-10-21-45(44)48;1-3-14-32(15-4-1)33-26-28-34(29-27-33)44-31-45(54-51(53-44)35-16-5-2-6-17-35)40-23-13-24-43-47(40)50-48(41-22-11-12-25-46(41)55-50)49(52-43)42-30-36-18-7-8-19-37(36)38-20-9-10-21-39(38)42/h1-35H;1-31H. The summed E-state index contributed by atoms with van der Waals surface area (Å²) in [5.41, 5.74) is 24.8. The Labute approximate surface area is 667 Å². The fourth-order valence-corrected chi connectivity index (χ4v) is 17.0. The third-order valence-corrected chi connectivity index (χ3v) is 22.6. The normalized spacial score (nSPS) is 11.6. The molecule has 0 amide bonds. The first-order valence-electron chi connectivity index (χ1n) is 39.1. The van der Waals surface area contributed by atoms with Crippen LogP contribution in [0.25, 0.3) is 232 Å². The van der Waals surface area contributed by atoms with E-state index in [1.54, 1.807) is 0 Å². The topological polar surface area (TPSA) is 104 Å². The third-order valence-electron chi connectivity index (χ3n) is 22.6. The van der Waals surface area contributed by atoms with Crippen molar-refractivity contribution in [2.45, 2.75) is 0 Å². The average molecular weight is 1480 g/mol. The summed E-state index contributed by atoms with van der Waals surface area (Å²) < 4.78 is 13.8. The highest BCUT2D eigenvalue weighted by atomic mass is 16.3. The highest BCUT2D eigenvalue weighted by Crippen LogP contribution is 2.49. The molecule has 0 atom stereocenters. The summed E-state index contributed by atoms with van der Waals surface area (Å²) in [6.45, 7) is 0. The Balaban J connectivity index is 0.000000141. The van der Waals surface area contributed by atoms with Crippen molar-refractivity contribution in [2.24, 2.45) is 0 Å². The van der Waals surface area contributed by atoms with Crippen molar-refractivity contribution < 1.29 is 8.83 Å². The van der Waals surface area contributed by atoms with Crippen LogP contribution in [0.1, 0.15) is 0 Å². The summed E-state index contributed by atoms with van der Waals surface area (Å²) in [7, 11) is 0. The number of pyridine rings is 2. The first-order chi connectivity index (χ1) is 57.5. The van der Waals surface area contributed by atoms with Gasteiger partial charge in [-0.25, -0.2) is 29.9 Å². The van der Waals surface area contributed by atoms with Crippen LogP contribution in [0.4, 0.5) is 0 Å². The van der Waals surface area contributed by atoms with Crippen LogP contribution >= 0.6 is 0 Å². The van der Waals surface area contributed by atoms with E-state index in [0.29, 0.717) is 11.6 Å². The minimum absolute atomic E-state index is 0.643. The summed E-state index contributed by atoms with van der Waals surface area (Å²) in [4.78, 5) is 32.1. The molecular weight excluding hydrogens is 1410 g/mol. The van der Waals surface area contributed by atoms with Gasteiger partial charge in [-0.3, -0.25) is 0 Å². The van der Waals surface area contributed by atoms with E-state index in [4.69, 9.17) is 38.7 Å². The van der Waals surface area contributed by atoms with Crippen LogP contribution < -0.4 is 0 Å². The summed E-state index contributed by atoms with van der Waals surface area (Å²) in [5, 5.41) is 15.3. The van der Waals surface area contributed by atoms with E-state index in [2.05, 4.69) is 340 Å². The zero-order chi connectivity index (χ0) is 76.6. The van der Waals surface area contributed by atoms with Crippen LogP contribution in [0.2, 0.25) is 0 Å². The number of furan rings is 2. The Hall–Kier alpha value is -15.6. The Kier molecular flexibility index (Phi) is 16.4. The molecule has 0 aliphatic heterocycles. The van der Waals surface area contributed by atoms with Gasteiger partial charge in [-0.1, -0.05) is 352 Å². The molecule has 0 unspecified atom stereocenters. The Morgan fingerprint density at radius 3 is 0.862 bits per heavy atom. The predicted octanol–water partition coefficient (Wildman–Crippen LogP) is 28.8. The fraction of sp³-hybridized carbons (Fsp3) is 0. The van der Waals surface area contributed by atoms with E-state index in [1.165, 1.54) is 43.4 Å². The lowest BCUT2D eigenvalue weighted by Crippen LogP contribution is -1.97. The van der Waals surface area contributed by atoms with Gasteiger partial charge in [0, 0.05) is 55.3 Å². The van der Waals surface area contributed by atoms with Crippen molar-refractivity contribution in [1.82, 2.24) is 29.9 Å². The highest BCUT2D eigenvalue weighted by Gasteiger charge is 2.27. The third kappa shape index (κ3) is 11.9. The van der Waals surface area contributed by atoms with Gasteiger partial charge in [0.2, 0.25) is 0 Å². The lowest BCUT2D eigenvalue weighted by atomic mass is 9.92. The number of benzene rings is 17. The van der Waals surface area contributed by atoms with Crippen LogP contribution in [0, 0.1) is 0 Å². The van der Waals surface area contributed by atoms with E-state index in [9.17, 15) is 0 Å². The minimum Gasteiger partial charge on any atom is -0.455 e. The molecule has 8 heteroatoms. The molecule has 6 aromatic heterocycles. The number of aromatic nitrogens is 6. The molecule has 0 spiro atoms. The van der Waals surface area contributed by atoms with Crippen LogP contribution in [-0.2, 0) is 0 Å². The number of rotatable bonds is 11. The van der Waals surface area contributed by atoms with Crippen molar-refractivity contribution in [2.75, 3.05) is 0 Å². The van der Waals surface area contributed by atoms with Crippen LogP contribution in [0.3, 0.4) is 0 Å². The predicted molar refractivity (Wildman–Crippen MR) is 479 cm³/mol. The molecule has 0 saturated carbocycles. The first-order valence-corrected chi connectivity index (χ1v) is 39.1. The second-order valence-corrected chi connectivity index (χ2v) is 29.4. The maximum Gasteiger partial charge on any atom is 0.160 e. The number of para-hydroxylation sites is 2. The van der Waals surface area contributed by atoms with Crippen molar-refractivity contribution in [1.29, 1.82) is 0 Å². The van der Waals surface area contributed by atoms with Gasteiger partial charge < -0.3 is 8.83 Å². The zero-order valence-corrected chi connectivity index (χ0v) is 62.6. The van der Waals surface area contributed by atoms with Gasteiger partial charge in [-0.15, -0.1) is 0 Å². The van der Waals surface area contributed by atoms with E-state index < -0.39 is 0 Å². The molecule has 23 rings (SSSR count). The van der Waals surface area contributed by atoms with E-state index >= 15 is 0 Å². The monoisotopic (exact) mass is 1480 g/mol. The van der Waals surface area contributed by atoms with Gasteiger partial charge in [-0.2, -0.15) is 0 Å². The first kappa shape index (κ1) is 67.3. The lowest BCUT2D eigenvalue weighted by Gasteiger charge is -2.15. The molecular formula is C108H66N6O2. The van der Waals surface area contributed by atoms with Gasteiger partial charge in [0.1, 0.15) is 22.3 Å². The van der Waals surface area contributed by atoms with E-state index in [-0.39, 0.29) is 0 Å². The molecule has 23 aromatic rings. The number of hydrogen-bond acceptors (Lipinski definition) is 8. The molecule has 0 fully saturated rings. The fourth-order valence-electron chi connectivity index (χ4n) is 17.0. The van der Waals surface area contributed by atoms with Crippen LogP contribution in [0.15, 0.2) is 409 Å². The number of fused-ring (bicyclic) bond motifs is 16. The van der Waals surface area contributed by atoms with Crippen molar-refractivity contribution in [3.8, 4) is 124 Å². The quantitative estimate of drug-likeness (QED) is 0.118. The summed E-state index contributed by atoms with van der Waals surface area (Å²) in [5.74, 6) is 1.30. The Morgan fingerprint density at radius 1 is 0.172 bits per heavy atom. The van der Waals surface area contributed by atoms with Gasteiger partial charge in [-0.05, 0) is 125 Å². The smallest absolute Gasteiger partial charge is 0.160 e. The molecule has 6 heterocycles. The molecule has 17 aromatic carbocycles. The number of hydrogen-bond donors (Lipinski definition) is 0. The second-order valence-electron chi connectivity index (χ2n) is 29.4. The van der Waals surface area contributed by atoms with Gasteiger partial charge >= 0.3 is 0 Å². The SMILES string of the molecule is c1ccc(-c2ccc(-c3cc(-c4cccc5nc(-c6cc7ccccc7c7ccccc67)c6c7ccccc7oc6c45)nc(-c4ccc(-c5ccccc5)cc4)n3)cc2)cc1.c1ccc(-c2ccc(-c3cc(-c4cccc5nc(-c6cc7ccccc7c7ccccc67)c6c7ccccc7oc6c45)nc(-c4ccccc4)n3)cc2)cc1. The average Bonchev–Trinajstić information content (AvgIpc) is 1.49. The maximum absolute atomic E-state index is 6.95. The molecule has 0 bridgehead atoms. The second kappa shape index (κ2) is 28.3. The molecule has 0 aliphatic rings. The van der Waals surface area contributed by atoms with Crippen molar-refractivity contribution >= 4 is 109 Å². The Bertz CT molecular complexity index is 7680. The van der Waals surface area contributed by atoms with Gasteiger partial charge in [0.05, 0.1) is 66.7 Å². The molecule has 116 heavy (non-hydrogen) atoms. The summed E-state index contributed by atoms with van der Waals surface area (Å²) in [6.07, 6.45) is 0. The highest BCUT2D eigenvalue weighted by molar-refractivity contribution is 6.27. The molecule has 0 N–H and O–H groups in total. The van der Waals surface area contributed by atoms with Crippen LogP contribution in [0.5, 0.6) is 0 Å². The van der Waals surface area contributed by atoms with Crippen LogP contribution in [-0.4, -0.2) is 29.9 Å². The molecule has 540 valence electrons. The number of nitrogens with zero attached hydrogens (tertiary/aromatic N) is 6. The lowest BCUT2D eigenvalue weighted by molar-refractivity contribution is 0.672. The Morgan fingerprint density at radius 2 is 0.466 bits per heavy atom. The van der Waals surface area contributed by atoms with Crippen molar-refractivity contribution in [3.05, 3.63) is 400 Å². The minimum atomic E-state index is 0.643. The van der Waals surface area contributed by atoms with Gasteiger partial charge in [0.15, 0.2) is 11.6 Å².